The van der Waals surface area contributed by atoms with Crippen LogP contribution in [0.2, 0.25) is 0 Å². The van der Waals surface area contributed by atoms with Crippen molar-refractivity contribution >= 4 is 17.7 Å². The van der Waals surface area contributed by atoms with Crippen molar-refractivity contribution in [3.05, 3.63) is 0 Å². The molecule has 0 spiro atoms. The van der Waals surface area contributed by atoms with Crippen LogP contribution in [0.1, 0.15) is 169 Å². The number of hydrogen-bond donors (Lipinski definition) is 1. The highest BCUT2D eigenvalue weighted by Crippen LogP contribution is 2.13. The summed E-state index contributed by atoms with van der Waals surface area (Å²) in [6.07, 6.45) is 24.7. The van der Waals surface area contributed by atoms with Crippen molar-refractivity contribution in [1.29, 1.82) is 0 Å². The predicted octanol–water partition coefficient (Wildman–Crippen LogP) is 8.86. The topological polar surface area (TPSA) is 72.5 Å². The number of unbranched alkanes of at least 4 members (excludes halogenated alkanes) is 18. The fraction of sp³-hybridized carbons (Fsp3) is 0.906. The Labute approximate surface area is 229 Å². The summed E-state index contributed by atoms with van der Waals surface area (Å²) < 4.78 is 5.45. The molecule has 0 saturated heterocycles. The third kappa shape index (κ3) is 23.5. The third-order valence-corrected chi connectivity index (χ3v) is 7.17. The molecule has 0 aromatic rings. The Morgan fingerprint density at radius 1 is 0.595 bits per heavy atom. The molecule has 0 aliphatic carbocycles. The van der Waals surface area contributed by atoms with Gasteiger partial charge >= 0.3 is 5.97 Å². The van der Waals surface area contributed by atoms with Crippen LogP contribution in [0.4, 0.5) is 0 Å². The average Bonchev–Trinajstić information content (AvgIpc) is 2.87. The second-order valence-electron chi connectivity index (χ2n) is 11.2. The fourth-order valence-corrected chi connectivity index (χ4v) is 4.53. The Morgan fingerprint density at radius 2 is 1.00 bits per heavy atom. The van der Waals surface area contributed by atoms with E-state index in [4.69, 9.17) is 4.74 Å². The summed E-state index contributed by atoms with van der Waals surface area (Å²) in [5.74, 6) is -0.824. The number of ether oxygens (including phenoxy) is 1. The lowest BCUT2D eigenvalue weighted by molar-refractivity contribution is -0.149. The van der Waals surface area contributed by atoms with Gasteiger partial charge in [0.05, 0.1) is 6.61 Å². The number of hydrogen-bond acceptors (Lipinski definition) is 4. The number of nitrogens with one attached hydrogen (secondary N) is 1. The number of rotatable bonds is 27. The highest BCUT2D eigenvalue weighted by atomic mass is 16.5. The molecule has 5 heteroatoms. The Hall–Kier alpha value is -1.39. The first-order valence-corrected chi connectivity index (χ1v) is 15.9. The van der Waals surface area contributed by atoms with Gasteiger partial charge in [0, 0.05) is 18.8 Å². The van der Waals surface area contributed by atoms with Gasteiger partial charge in [0.25, 0.3) is 0 Å². The number of ketones is 1. The number of carbonyl (C=O) groups is 3. The maximum atomic E-state index is 12.6. The predicted molar refractivity (Wildman–Crippen MR) is 156 cm³/mol. The second-order valence-corrected chi connectivity index (χ2v) is 11.2. The number of carbonyl (C=O) groups excluding carboxylic acids is 3. The Bertz CT molecular complexity index is 561. The number of amides is 1. The molecule has 5 nitrogen and oxygen atoms in total. The van der Waals surface area contributed by atoms with Crippen LogP contribution in [0.25, 0.3) is 0 Å². The van der Waals surface area contributed by atoms with Crippen LogP contribution < -0.4 is 5.32 Å². The number of esters is 1. The summed E-state index contributed by atoms with van der Waals surface area (Å²) in [6, 6.07) is -0.867. The molecule has 0 aromatic heterocycles. The van der Waals surface area contributed by atoms with Gasteiger partial charge in [-0.3, -0.25) is 9.59 Å². The van der Waals surface area contributed by atoms with Crippen molar-refractivity contribution in [3.8, 4) is 0 Å². The van der Waals surface area contributed by atoms with Crippen molar-refractivity contribution < 1.29 is 19.1 Å². The molecule has 0 radical (unpaired) electrons. The SMILES string of the molecule is CCCCCCCCCCCCCC(=O)N[C@@H](CC(=O)C(C)C)C(=O)OCCCCCCCCCCC. The largest absolute Gasteiger partial charge is 0.464 e. The van der Waals surface area contributed by atoms with Crippen LogP contribution >= 0.6 is 0 Å². The summed E-state index contributed by atoms with van der Waals surface area (Å²) >= 11 is 0. The van der Waals surface area contributed by atoms with E-state index in [1.807, 2.05) is 13.8 Å². The Kier molecular flexibility index (Phi) is 25.2. The maximum Gasteiger partial charge on any atom is 0.329 e. The quantitative estimate of drug-likeness (QED) is 0.0862. The molecule has 37 heavy (non-hydrogen) atoms. The first-order valence-electron chi connectivity index (χ1n) is 15.9. The van der Waals surface area contributed by atoms with Gasteiger partial charge < -0.3 is 10.1 Å². The van der Waals surface area contributed by atoms with Crippen LogP contribution in [0, 0.1) is 5.92 Å². The summed E-state index contributed by atoms with van der Waals surface area (Å²) in [4.78, 5) is 37.4. The summed E-state index contributed by atoms with van der Waals surface area (Å²) in [7, 11) is 0. The highest BCUT2D eigenvalue weighted by molar-refractivity contribution is 5.90. The fourth-order valence-electron chi connectivity index (χ4n) is 4.53. The van der Waals surface area contributed by atoms with Crippen molar-refractivity contribution in [2.75, 3.05) is 6.61 Å². The van der Waals surface area contributed by atoms with Crippen LogP contribution in [0.15, 0.2) is 0 Å². The monoisotopic (exact) mass is 523 g/mol. The Balaban J connectivity index is 4.11. The zero-order chi connectivity index (χ0) is 27.6. The van der Waals surface area contributed by atoms with Crippen LogP contribution in [0.3, 0.4) is 0 Å². The van der Waals surface area contributed by atoms with Gasteiger partial charge in [-0.1, -0.05) is 143 Å². The van der Waals surface area contributed by atoms with Gasteiger partial charge in [-0.2, -0.15) is 0 Å². The molecule has 0 aliphatic heterocycles. The standard InChI is InChI=1S/C32H61NO4/c1-5-7-9-11-13-15-16-17-19-21-23-25-31(35)33-29(27-30(34)28(3)4)32(36)37-26-24-22-20-18-14-12-10-8-6-2/h28-29H,5-27H2,1-4H3,(H,33,35)/t29-/m0/s1. The number of Topliss-reactive ketones (excluding diaryl/α,β-unsaturated/α-hetero) is 1. The zero-order valence-electron chi connectivity index (χ0n) is 25.1. The molecule has 0 unspecified atom stereocenters. The van der Waals surface area contributed by atoms with Crippen molar-refractivity contribution in [2.45, 2.75) is 175 Å². The zero-order valence-corrected chi connectivity index (χ0v) is 25.1. The molecule has 0 saturated carbocycles. The van der Waals surface area contributed by atoms with Crippen molar-refractivity contribution in [3.63, 3.8) is 0 Å². The van der Waals surface area contributed by atoms with E-state index < -0.39 is 12.0 Å². The lowest BCUT2D eigenvalue weighted by atomic mass is 10.0. The molecule has 1 atom stereocenters. The minimum atomic E-state index is -0.867. The van der Waals surface area contributed by atoms with Crippen molar-refractivity contribution in [2.24, 2.45) is 5.92 Å². The normalized spacial score (nSPS) is 12.0. The van der Waals surface area contributed by atoms with E-state index in [0.29, 0.717) is 13.0 Å². The third-order valence-electron chi connectivity index (χ3n) is 7.17. The summed E-state index contributed by atoms with van der Waals surface area (Å²) in [6.45, 7) is 8.47. The molecule has 1 N–H and O–H groups in total. The van der Waals surface area contributed by atoms with Crippen molar-refractivity contribution in [1.82, 2.24) is 5.32 Å². The summed E-state index contributed by atoms with van der Waals surface area (Å²) in [5.41, 5.74) is 0. The van der Waals surface area contributed by atoms with Gasteiger partial charge in [-0.15, -0.1) is 0 Å². The van der Waals surface area contributed by atoms with Gasteiger partial charge in [-0.05, 0) is 12.8 Å². The van der Waals surface area contributed by atoms with E-state index in [2.05, 4.69) is 19.2 Å². The van der Waals surface area contributed by atoms with E-state index in [1.54, 1.807) is 0 Å². The molecule has 0 bridgehead atoms. The van der Waals surface area contributed by atoms with Crippen LogP contribution in [-0.2, 0) is 19.1 Å². The van der Waals surface area contributed by atoms with E-state index in [1.165, 1.54) is 89.9 Å². The maximum absolute atomic E-state index is 12.6. The molecule has 218 valence electrons. The highest BCUT2D eigenvalue weighted by Gasteiger charge is 2.26. The van der Waals surface area contributed by atoms with E-state index in [-0.39, 0.29) is 24.0 Å². The minimum Gasteiger partial charge on any atom is -0.464 e. The Morgan fingerprint density at radius 3 is 1.43 bits per heavy atom. The van der Waals surface area contributed by atoms with Gasteiger partial charge in [0.15, 0.2) is 0 Å². The average molecular weight is 524 g/mol. The van der Waals surface area contributed by atoms with E-state index in [9.17, 15) is 14.4 Å². The molecule has 0 aromatic carbocycles. The lowest BCUT2D eigenvalue weighted by Crippen LogP contribution is -2.43. The molecular weight excluding hydrogens is 462 g/mol. The molecule has 0 rings (SSSR count). The van der Waals surface area contributed by atoms with Gasteiger partial charge in [0.2, 0.25) is 5.91 Å². The lowest BCUT2D eigenvalue weighted by Gasteiger charge is -2.18. The summed E-state index contributed by atoms with van der Waals surface area (Å²) in [5, 5.41) is 2.79. The smallest absolute Gasteiger partial charge is 0.329 e. The first-order chi connectivity index (χ1) is 17.9. The molecule has 0 fully saturated rings. The molecule has 0 aliphatic rings. The minimum absolute atomic E-state index is 0.0122. The van der Waals surface area contributed by atoms with Gasteiger partial charge in [0.1, 0.15) is 11.8 Å². The second kappa shape index (κ2) is 26.2. The van der Waals surface area contributed by atoms with E-state index in [0.717, 1.165) is 38.5 Å². The molecule has 1 amide bonds. The van der Waals surface area contributed by atoms with Gasteiger partial charge in [-0.25, -0.2) is 4.79 Å². The molecule has 0 heterocycles. The van der Waals surface area contributed by atoms with Crippen LogP contribution in [-0.4, -0.2) is 30.3 Å². The van der Waals surface area contributed by atoms with E-state index >= 15 is 0 Å². The van der Waals surface area contributed by atoms with Crippen LogP contribution in [0.5, 0.6) is 0 Å². The first kappa shape index (κ1) is 35.6. The molecular formula is C32H61NO4.